The van der Waals surface area contributed by atoms with Gasteiger partial charge >= 0.3 is 17.9 Å². The van der Waals surface area contributed by atoms with Gasteiger partial charge in [-0.2, -0.15) is 0 Å². The average molecular weight is 347 g/mol. The molecular weight excluding hydrogens is 322 g/mol. The van der Waals surface area contributed by atoms with Crippen LogP contribution in [0.3, 0.4) is 0 Å². The van der Waals surface area contributed by atoms with Crippen molar-refractivity contribution in [1.82, 2.24) is 16.0 Å². The molecule has 0 aromatic rings. The molecule has 1 heterocycles. The lowest BCUT2D eigenvalue weighted by Gasteiger charge is -2.39. The van der Waals surface area contributed by atoms with Crippen LogP contribution in [0.1, 0.15) is 19.3 Å². The molecule has 0 spiro atoms. The van der Waals surface area contributed by atoms with Gasteiger partial charge in [-0.05, 0) is 0 Å². The molecule has 0 aromatic carbocycles. The molecule has 0 saturated carbocycles. The SMILES string of the molecule is O=C(O)CC1NCCNCCNCCOC1(CC(=O)O)CC(=O)O. The molecule has 0 aromatic heterocycles. The smallest absolute Gasteiger partial charge is 0.306 e. The summed E-state index contributed by atoms with van der Waals surface area (Å²) in [7, 11) is 0. The Balaban J connectivity index is 3.09. The maximum Gasteiger partial charge on any atom is 0.306 e. The zero-order chi connectivity index (χ0) is 18.0. The van der Waals surface area contributed by atoms with E-state index in [0.717, 1.165) is 6.54 Å². The number of carbonyl (C=O) groups is 3. The zero-order valence-electron chi connectivity index (χ0n) is 13.4. The summed E-state index contributed by atoms with van der Waals surface area (Å²) < 4.78 is 5.67. The molecule has 1 unspecified atom stereocenters. The lowest BCUT2D eigenvalue weighted by Crippen LogP contribution is -2.57. The lowest BCUT2D eigenvalue weighted by atomic mass is 9.84. The van der Waals surface area contributed by atoms with Gasteiger partial charge in [-0.3, -0.25) is 14.4 Å². The minimum atomic E-state index is -1.64. The van der Waals surface area contributed by atoms with Crippen LogP contribution >= 0.6 is 0 Å². The molecule has 1 atom stereocenters. The van der Waals surface area contributed by atoms with E-state index in [2.05, 4.69) is 16.0 Å². The summed E-state index contributed by atoms with van der Waals surface area (Å²) in [5, 5.41) is 36.7. The maximum absolute atomic E-state index is 11.3. The van der Waals surface area contributed by atoms with E-state index >= 15 is 0 Å². The highest BCUT2D eigenvalue weighted by molar-refractivity contribution is 5.74. The molecule has 1 saturated heterocycles. The molecule has 10 heteroatoms. The van der Waals surface area contributed by atoms with E-state index < -0.39 is 48.8 Å². The van der Waals surface area contributed by atoms with Crippen LogP contribution in [-0.4, -0.2) is 84.2 Å². The van der Waals surface area contributed by atoms with Gasteiger partial charge in [-0.15, -0.1) is 0 Å². The van der Waals surface area contributed by atoms with Gasteiger partial charge in [0, 0.05) is 38.8 Å². The van der Waals surface area contributed by atoms with E-state index in [9.17, 15) is 24.6 Å². The van der Waals surface area contributed by atoms with E-state index in [1.165, 1.54) is 0 Å². The van der Waals surface area contributed by atoms with Crippen LogP contribution < -0.4 is 16.0 Å². The Morgan fingerprint density at radius 1 is 0.875 bits per heavy atom. The van der Waals surface area contributed by atoms with Crippen molar-refractivity contribution in [3.8, 4) is 0 Å². The molecule has 0 bridgehead atoms. The van der Waals surface area contributed by atoms with Crippen molar-refractivity contribution in [2.45, 2.75) is 30.9 Å². The van der Waals surface area contributed by atoms with Crippen LogP contribution in [0.2, 0.25) is 0 Å². The second-order valence-electron chi connectivity index (χ2n) is 5.66. The van der Waals surface area contributed by atoms with E-state index in [-0.39, 0.29) is 6.61 Å². The standard InChI is InChI=1S/C14H25N3O7/c18-11(19)7-10-14(8-12(20)21,9-13(22)23)24-6-5-16-2-1-15-3-4-17-10/h10,15-17H,1-9H2,(H,18,19)(H,20,21)(H,22,23). The molecule has 1 fully saturated rings. The molecular formula is C14H25N3O7. The minimum Gasteiger partial charge on any atom is -0.481 e. The van der Waals surface area contributed by atoms with Crippen molar-refractivity contribution < 1.29 is 34.4 Å². The predicted molar refractivity (Wildman–Crippen MR) is 83.0 cm³/mol. The summed E-state index contributed by atoms with van der Waals surface area (Å²) in [6.45, 7) is 2.80. The van der Waals surface area contributed by atoms with Gasteiger partial charge in [0.25, 0.3) is 0 Å². The quantitative estimate of drug-likeness (QED) is 0.328. The van der Waals surface area contributed by atoms with Crippen molar-refractivity contribution in [3.63, 3.8) is 0 Å². The van der Waals surface area contributed by atoms with Crippen LogP contribution in [0.4, 0.5) is 0 Å². The molecule has 0 radical (unpaired) electrons. The molecule has 1 rings (SSSR count). The Hall–Kier alpha value is -1.75. The summed E-state index contributed by atoms with van der Waals surface area (Å²) in [5.41, 5.74) is -1.64. The van der Waals surface area contributed by atoms with Crippen LogP contribution in [0.25, 0.3) is 0 Å². The first-order valence-corrected chi connectivity index (χ1v) is 7.80. The Labute approximate surface area is 139 Å². The fraction of sp³-hybridized carbons (Fsp3) is 0.786. The molecule has 138 valence electrons. The number of hydrogen-bond acceptors (Lipinski definition) is 7. The van der Waals surface area contributed by atoms with Crippen LogP contribution in [0.15, 0.2) is 0 Å². The first kappa shape index (κ1) is 20.3. The fourth-order valence-corrected chi connectivity index (χ4v) is 2.73. The number of hydrogen-bond donors (Lipinski definition) is 6. The summed E-state index contributed by atoms with van der Waals surface area (Å²) in [4.78, 5) is 33.8. The van der Waals surface area contributed by atoms with Gasteiger partial charge in [-0.1, -0.05) is 0 Å². The highest BCUT2D eigenvalue weighted by Gasteiger charge is 2.44. The molecule has 1 aliphatic rings. The molecule has 0 aliphatic carbocycles. The third kappa shape index (κ3) is 7.21. The number of aliphatic carboxylic acids is 3. The van der Waals surface area contributed by atoms with Gasteiger partial charge in [0.15, 0.2) is 0 Å². The zero-order valence-corrected chi connectivity index (χ0v) is 13.4. The van der Waals surface area contributed by atoms with Gasteiger partial charge in [0.05, 0.1) is 25.9 Å². The Morgan fingerprint density at radius 2 is 1.42 bits per heavy atom. The Morgan fingerprint density at radius 3 is 1.96 bits per heavy atom. The lowest BCUT2D eigenvalue weighted by molar-refractivity contribution is -0.161. The van der Waals surface area contributed by atoms with Crippen molar-refractivity contribution in [2.24, 2.45) is 0 Å². The van der Waals surface area contributed by atoms with Crippen LogP contribution in [-0.2, 0) is 19.1 Å². The average Bonchev–Trinajstić information content (AvgIpc) is 2.44. The number of carboxylic acid groups (broad SMARTS) is 3. The second kappa shape index (κ2) is 10.2. The van der Waals surface area contributed by atoms with E-state index in [1.54, 1.807) is 0 Å². The second-order valence-corrected chi connectivity index (χ2v) is 5.66. The van der Waals surface area contributed by atoms with E-state index in [4.69, 9.17) is 9.84 Å². The van der Waals surface area contributed by atoms with Gasteiger partial charge < -0.3 is 36.0 Å². The maximum atomic E-state index is 11.3. The number of carboxylic acids is 3. The molecule has 0 amide bonds. The number of ether oxygens (including phenoxy) is 1. The van der Waals surface area contributed by atoms with Crippen molar-refractivity contribution in [3.05, 3.63) is 0 Å². The van der Waals surface area contributed by atoms with Crippen LogP contribution in [0.5, 0.6) is 0 Å². The molecule has 24 heavy (non-hydrogen) atoms. The molecule has 10 nitrogen and oxygen atoms in total. The van der Waals surface area contributed by atoms with Crippen molar-refractivity contribution in [1.29, 1.82) is 0 Å². The summed E-state index contributed by atoms with van der Waals surface area (Å²) in [5.74, 6) is -3.65. The third-order valence-electron chi connectivity index (χ3n) is 3.75. The van der Waals surface area contributed by atoms with Gasteiger partial charge in [0.1, 0.15) is 5.60 Å². The highest BCUT2D eigenvalue weighted by atomic mass is 16.5. The molecule has 6 N–H and O–H groups in total. The number of rotatable bonds is 6. The summed E-state index contributed by atoms with van der Waals surface area (Å²) >= 11 is 0. The van der Waals surface area contributed by atoms with Gasteiger partial charge in [0.2, 0.25) is 0 Å². The molecule has 1 aliphatic heterocycles. The Bertz CT molecular complexity index is 428. The third-order valence-corrected chi connectivity index (χ3v) is 3.75. The minimum absolute atomic E-state index is 0.0817. The van der Waals surface area contributed by atoms with Gasteiger partial charge in [-0.25, -0.2) is 0 Å². The normalized spacial score (nSPS) is 22.8. The van der Waals surface area contributed by atoms with Crippen molar-refractivity contribution >= 4 is 17.9 Å². The largest absolute Gasteiger partial charge is 0.481 e. The van der Waals surface area contributed by atoms with Crippen LogP contribution in [0, 0.1) is 0 Å². The first-order chi connectivity index (χ1) is 11.4. The van der Waals surface area contributed by atoms with E-state index in [1.807, 2.05) is 0 Å². The summed E-state index contributed by atoms with van der Waals surface area (Å²) in [6.07, 6.45) is -1.64. The fourth-order valence-electron chi connectivity index (χ4n) is 2.73. The first-order valence-electron chi connectivity index (χ1n) is 7.80. The monoisotopic (exact) mass is 347 g/mol. The topological polar surface area (TPSA) is 157 Å². The highest BCUT2D eigenvalue weighted by Crippen LogP contribution is 2.28. The number of nitrogens with one attached hydrogen (secondary N) is 3. The van der Waals surface area contributed by atoms with Crippen molar-refractivity contribution in [2.75, 3.05) is 39.3 Å². The summed E-state index contributed by atoms with van der Waals surface area (Å²) in [6, 6.07) is -0.941. The Kier molecular flexibility index (Phi) is 8.61. The van der Waals surface area contributed by atoms with E-state index in [0.29, 0.717) is 26.2 Å². The predicted octanol–water partition coefficient (Wildman–Crippen LogP) is -1.68.